The maximum Gasteiger partial charge on any atom is 0.165 e. The lowest BCUT2D eigenvalue weighted by molar-refractivity contribution is 0.283. The molecule has 1 aromatic heterocycles. The Hall–Kier alpha value is -1.46. The molecule has 0 unspecified atom stereocenters. The van der Waals surface area contributed by atoms with Gasteiger partial charge in [-0.15, -0.1) is 11.3 Å². The van der Waals surface area contributed by atoms with E-state index in [0.717, 1.165) is 29.1 Å². The van der Waals surface area contributed by atoms with Gasteiger partial charge in [0.05, 0.1) is 10.7 Å². The number of hydrogen-bond acceptors (Lipinski definition) is 4. The normalized spacial score (nSPS) is 10.8. The molecule has 0 amide bonds. The van der Waals surface area contributed by atoms with Crippen LogP contribution in [0.15, 0.2) is 23.6 Å². The number of aryl methyl sites for hydroxylation is 1. The Bertz CT molecular complexity index is 557. The average molecular weight is 294 g/mol. The number of benzene rings is 1. The largest absolute Gasteiger partial charge is 0.484 e. The number of ether oxygens (including phenoxy) is 1. The molecule has 2 N–H and O–H groups in total. The molecule has 0 bridgehead atoms. The first-order valence-corrected chi connectivity index (χ1v) is 7.66. The van der Waals surface area contributed by atoms with Crippen molar-refractivity contribution in [3.63, 3.8) is 0 Å². The average Bonchev–Trinajstić information content (AvgIpc) is 2.87. The van der Waals surface area contributed by atoms with Crippen molar-refractivity contribution in [3.8, 4) is 5.75 Å². The quantitative estimate of drug-likeness (QED) is 0.852. The third-order valence-corrected chi connectivity index (χ3v) is 3.85. The minimum Gasteiger partial charge on any atom is -0.484 e. The Labute approximate surface area is 122 Å². The van der Waals surface area contributed by atoms with Crippen LogP contribution in [0.5, 0.6) is 5.75 Å². The molecular formula is C15H19FN2OS. The van der Waals surface area contributed by atoms with Gasteiger partial charge in [0, 0.05) is 5.38 Å². The predicted molar refractivity (Wildman–Crippen MR) is 79.6 cm³/mol. The van der Waals surface area contributed by atoms with Crippen molar-refractivity contribution in [2.24, 2.45) is 5.73 Å². The summed E-state index contributed by atoms with van der Waals surface area (Å²) in [4.78, 5) is 4.47. The second-order valence-electron chi connectivity index (χ2n) is 4.54. The van der Waals surface area contributed by atoms with Crippen LogP contribution in [0.1, 0.15) is 29.6 Å². The third-order valence-electron chi connectivity index (χ3n) is 2.89. The van der Waals surface area contributed by atoms with E-state index in [1.54, 1.807) is 17.4 Å². The highest BCUT2D eigenvalue weighted by Crippen LogP contribution is 2.24. The fraction of sp³-hybridized carbons (Fsp3) is 0.400. The van der Waals surface area contributed by atoms with E-state index in [-0.39, 0.29) is 5.82 Å². The van der Waals surface area contributed by atoms with Crippen LogP contribution in [0, 0.1) is 5.82 Å². The van der Waals surface area contributed by atoms with E-state index >= 15 is 0 Å². The molecule has 0 radical (unpaired) electrons. The Morgan fingerprint density at radius 2 is 2.20 bits per heavy atom. The Balaban J connectivity index is 2.05. The van der Waals surface area contributed by atoms with Gasteiger partial charge in [0.2, 0.25) is 0 Å². The van der Waals surface area contributed by atoms with E-state index in [1.807, 2.05) is 11.4 Å². The summed E-state index contributed by atoms with van der Waals surface area (Å²) in [5, 5.41) is 3.07. The zero-order valence-corrected chi connectivity index (χ0v) is 12.4. The van der Waals surface area contributed by atoms with Crippen molar-refractivity contribution in [3.05, 3.63) is 45.7 Å². The van der Waals surface area contributed by atoms with E-state index in [1.165, 1.54) is 6.07 Å². The number of rotatable bonds is 7. The zero-order valence-electron chi connectivity index (χ0n) is 11.6. The molecule has 0 saturated carbocycles. The third kappa shape index (κ3) is 3.77. The van der Waals surface area contributed by atoms with E-state index in [0.29, 0.717) is 25.3 Å². The summed E-state index contributed by atoms with van der Waals surface area (Å²) in [5.41, 5.74) is 7.18. The number of halogens is 1. The number of nitrogens with two attached hydrogens (primary N) is 1. The van der Waals surface area contributed by atoms with E-state index < -0.39 is 0 Å². The molecule has 0 aliphatic heterocycles. The predicted octanol–water partition coefficient (Wildman–Crippen LogP) is 3.31. The van der Waals surface area contributed by atoms with E-state index in [4.69, 9.17) is 10.5 Å². The molecule has 108 valence electrons. The SMILES string of the molecule is CCCc1nc(COc2c(F)cccc2CCN)cs1. The molecule has 5 heteroatoms. The lowest BCUT2D eigenvalue weighted by Gasteiger charge is -2.10. The molecule has 20 heavy (non-hydrogen) atoms. The summed E-state index contributed by atoms with van der Waals surface area (Å²) in [6.45, 7) is 2.88. The summed E-state index contributed by atoms with van der Waals surface area (Å²) in [5.74, 6) is -0.0528. The fourth-order valence-corrected chi connectivity index (χ4v) is 2.84. The summed E-state index contributed by atoms with van der Waals surface area (Å²) in [6, 6.07) is 4.92. The maximum absolute atomic E-state index is 13.8. The Morgan fingerprint density at radius 1 is 1.35 bits per heavy atom. The first kappa shape index (κ1) is 14.9. The van der Waals surface area contributed by atoms with Crippen LogP contribution < -0.4 is 10.5 Å². The molecule has 1 aromatic carbocycles. The van der Waals surface area contributed by atoms with Gasteiger partial charge >= 0.3 is 0 Å². The van der Waals surface area contributed by atoms with Crippen LogP contribution in [0.3, 0.4) is 0 Å². The highest BCUT2D eigenvalue weighted by atomic mass is 32.1. The minimum absolute atomic E-state index is 0.290. The van der Waals surface area contributed by atoms with Crippen LogP contribution in [0.25, 0.3) is 0 Å². The summed E-state index contributed by atoms with van der Waals surface area (Å²) in [6.07, 6.45) is 2.65. The molecule has 0 aliphatic rings. The van der Waals surface area contributed by atoms with Crippen molar-refractivity contribution in [2.45, 2.75) is 32.8 Å². The molecule has 0 atom stereocenters. The molecule has 0 spiro atoms. The van der Waals surface area contributed by atoms with Crippen LogP contribution in [-0.2, 0) is 19.4 Å². The second kappa shape index (κ2) is 7.36. The fourth-order valence-electron chi connectivity index (χ4n) is 1.96. The van der Waals surface area contributed by atoms with Gasteiger partial charge in [-0.3, -0.25) is 0 Å². The van der Waals surface area contributed by atoms with Gasteiger partial charge in [-0.05, 0) is 37.4 Å². The molecule has 2 rings (SSSR count). The summed E-state index contributed by atoms with van der Waals surface area (Å²) in [7, 11) is 0. The van der Waals surface area contributed by atoms with E-state index in [9.17, 15) is 4.39 Å². The van der Waals surface area contributed by atoms with Gasteiger partial charge in [0.15, 0.2) is 11.6 Å². The molecule has 3 nitrogen and oxygen atoms in total. The highest BCUT2D eigenvalue weighted by Gasteiger charge is 2.10. The lowest BCUT2D eigenvalue weighted by atomic mass is 10.1. The highest BCUT2D eigenvalue weighted by molar-refractivity contribution is 7.09. The van der Waals surface area contributed by atoms with Crippen molar-refractivity contribution < 1.29 is 9.13 Å². The smallest absolute Gasteiger partial charge is 0.165 e. The standard InChI is InChI=1S/C15H19FN2OS/c1-2-4-14-18-12(10-20-14)9-19-15-11(7-8-17)5-3-6-13(15)16/h3,5-6,10H,2,4,7-9,17H2,1H3. The van der Waals surface area contributed by atoms with Gasteiger partial charge in [-0.25, -0.2) is 9.37 Å². The monoisotopic (exact) mass is 294 g/mol. The molecule has 0 saturated heterocycles. The van der Waals surface area contributed by atoms with Gasteiger partial charge in [0.25, 0.3) is 0 Å². The second-order valence-corrected chi connectivity index (χ2v) is 5.48. The first-order valence-electron chi connectivity index (χ1n) is 6.78. The minimum atomic E-state index is -0.347. The topological polar surface area (TPSA) is 48.1 Å². The van der Waals surface area contributed by atoms with Gasteiger partial charge in [-0.2, -0.15) is 0 Å². The van der Waals surface area contributed by atoms with Crippen LogP contribution in [-0.4, -0.2) is 11.5 Å². The summed E-state index contributed by atoms with van der Waals surface area (Å²) >= 11 is 1.62. The van der Waals surface area contributed by atoms with Crippen LogP contribution >= 0.6 is 11.3 Å². The lowest BCUT2D eigenvalue weighted by Crippen LogP contribution is -2.07. The number of hydrogen-bond donors (Lipinski definition) is 1. The zero-order chi connectivity index (χ0) is 14.4. The van der Waals surface area contributed by atoms with Gasteiger partial charge in [-0.1, -0.05) is 19.1 Å². The number of aromatic nitrogens is 1. The first-order chi connectivity index (χ1) is 9.74. The summed E-state index contributed by atoms with van der Waals surface area (Å²) < 4.78 is 19.4. The van der Waals surface area contributed by atoms with Crippen molar-refractivity contribution in [2.75, 3.05) is 6.54 Å². The van der Waals surface area contributed by atoms with E-state index in [2.05, 4.69) is 11.9 Å². The molecular weight excluding hydrogens is 275 g/mol. The Morgan fingerprint density at radius 3 is 2.95 bits per heavy atom. The number of para-hydroxylation sites is 1. The van der Waals surface area contributed by atoms with Crippen molar-refractivity contribution >= 4 is 11.3 Å². The molecule has 0 aliphatic carbocycles. The van der Waals surface area contributed by atoms with Crippen LogP contribution in [0.2, 0.25) is 0 Å². The Kier molecular flexibility index (Phi) is 5.49. The van der Waals surface area contributed by atoms with Crippen molar-refractivity contribution in [1.82, 2.24) is 4.98 Å². The van der Waals surface area contributed by atoms with Gasteiger partial charge < -0.3 is 10.5 Å². The number of thiazole rings is 1. The number of nitrogens with zero attached hydrogens (tertiary/aromatic N) is 1. The maximum atomic E-state index is 13.8. The van der Waals surface area contributed by atoms with Gasteiger partial charge in [0.1, 0.15) is 6.61 Å². The molecule has 0 fully saturated rings. The molecule has 2 aromatic rings. The van der Waals surface area contributed by atoms with Crippen molar-refractivity contribution in [1.29, 1.82) is 0 Å². The molecule has 1 heterocycles. The van der Waals surface area contributed by atoms with Crippen LogP contribution in [0.4, 0.5) is 4.39 Å².